The topological polar surface area (TPSA) is 146 Å². The van der Waals surface area contributed by atoms with Gasteiger partial charge in [-0.05, 0) is 31.2 Å². The quantitative estimate of drug-likeness (QED) is 0.372. The number of nitrogens with two attached hydrogens (primary N) is 1. The van der Waals surface area contributed by atoms with Crippen molar-refractivity contribution in [1.82, 2.24) is 29.7 Å². The van der Waals surface area contributed by atoms with Crippen LogP contribution in [0.1, 0.15) is 10.7 Å². The molecule has 0 radical (unpaired) electrons. The van der Waals surface area contributed by atoms with Crippen LogP contribution in [0.5, 0.6) is 0 Å². The van der Waals surface area contributed by atoms with Crippen molar-refractivity contribution in [3.8, 4) is 28.0 Å². The molecule has 1 aromatic carbocycles. The van der Waals surface area contributed by atoms with E-state index in [2.05, 4.69) is 25.1 Å². The lowest BCUT2D eigenvalue weighted by atomic mass is 10.2. The average Bonchev–Trinajstić information content (AvgIpc) is 3.57. The number of nitrogens with zero attached hydrogens (tertiary/aromatic N) is 6. The van der Waals surface area contributed by atoms with Gasteiger partial charge in [0.1, 0.15) is 22.0 Å². The zero-order chi connectivity index (χ0) is 25.2. The molecule has 0 spiro atoms. The number of thiazole rings is 1. The standard InChI is InChI=1S/C19H15N7OS.C2HF3O2/c1-11-17(28-16(8-20)23-11)19-24-18(25-27-19)12-6-7-15(21-9-12)26-10-22-13-4-2-3-5-14(13)26;3-2(4,5)1(6)7/h2-7,9-10H,8,20H2,1H3;(H,6,7). The fourth-order valence-corrected chi connectivity index (χ4v) is 3.84. The van der Waals surface area contributed by atoms with Crippen LogP contribution < -0.4 is 5.73 Å². The number of aliphatic carboxylic acids is 1. The molecular weight excluding hydrogens is 487 g/mol. The number of carboxylic acid groups (broad SMARTS) is 1. The van der Waals surface area contributed by atoms with Crippen molar-refractivity contribution in [2.45, 2.75) is 19.6 Å². The zero-order valence-corrected chi connectivity index (χ0v) is 18.7. The first-order chi connectivity index (χ1) is 16.7. The third-order valence-electron chi connectivity index (χ3n) is 4.58. The molecule has 0 fully saturated rings. The van der Waals surface area contributed by atoms with E-state index in [-0.39, 0.29) is 0 Å². The van der Waals surface area contributed by atoms with Gasteiger partial charge in [-0.1, -0.05) is 17.3 Å². The molecule has 0 saturated carbocycles. The molecule has 0 bridgehead atoms. The third kappa shape index (κ3) is 5.17. The van der Waals surface area contributed by atoms with Crippen molar-refractivity contribution >= 4 is 28.3 Å². The first-order valence-electron chi connectivity index (χ1n) is 9.87. The summed E-state index contributed by atoms with van der Waals surface area (Å²) in [5, 5.41) is 12.0. The Bertz CT molecular complexity index is 1480. The minimum Gasteiger partial charge on any atom is -0.475 e. The normalized spacial score (nSPS) is 11.3. The second-order valence-electron chi connectivity index (χ2n) is 6.96. The summed E-state index contributed by atoms with van der Waals surface area (Å²) < 4.78 is 39.1. The number of hydrogen-bond donors (Lipinski definition) is 2. The fourth-order valence-electron chi connectivity index (χ4n) is 2.97. The largest absolute Gasteiger partial charge is 0.490 e. The highest BCUT2D eigenvalue weighted by molar-refractivity contribution is 7.15. The number of aryl methyl sites for hydroxylation is 1. The van der Waals surface area contributed by atoms with Crippen LogP contribution in [0.4, 0.5) is 13.2 Å². The first kappa shape index (κ1) is 24.0. The lowest BCUT2D eigenvalue weighted by molar-refractivity contribution is -0.192. The van der Waals surface area contributed by atoms with Gasteiger partial charge >= 0.3 is 12.1 Å². The van der Waals surface area contributed by atoms with Crippen LogP contribution in [0.25, 0.3) is 39.0 Å². The molecule has 0 amide bonds. The summed E-state index contributed by atoms with van der Waals surface area (Å²) in [6.45, 7) is 2.29. The van der Waals surface area contributed by atoms with E-state index in [0.717, 1.165) is 38.0 Å². The highest BCUT2D eigenvalue weighted by Crippen LogP contribution is 2.30. The van der Waals surface area contributed by atoms with E-state index in [4.69, 9.17) is 20.2 Å². The SMILES string of the molecule is Cc1nc(CN)sc1-c1nc(-c2ccc(-n3cnc4ccccc43)nc2)no1.O=C(O)C(F)(F)F. The third-order valence-corrected chi connectivity index (χ3v) is 5.75. The van der Waals surface area contributed by atoms with Gasteiger partial charge in [0.2, 0.25) is 5.82 Å². The van der Waals surface area contributed by atoms with Gasteiger partial charge in [-0.15, -0.1) is 11.3 Å². The van der Waals surface area contributed by atoms with Gasteiger partial charge in [-0.3, -0.25) is 4.57 Å². The van der Waals surface area contributed by atoms with Crippen LogP contribution in [0.3, 0.4) is 0 Å². The van der Waals surface area contributed by atoms with Gasteiger partial charge in [0, 0.05) is 18.3 Å². The average molecular weight is 503 g/mol. The van der Waals surface area contributed by atoms with Gasteiger partial charge < -0.3 is 15.4 Å². The molecule has 0 atom stereocenters. The van der Waals surface area contributed by atoms with Crippen molar-refractivity contribution in [2.24, 2.45) is 5.73 Å². The molecule has 4 aromatic heterocycles. The van der Waals surface area contributed by atoms with E-state index < -0.39 is 12.1 Å². The van der Waals surface area contributed by atoms with Gasteiger partial charge in [0.25, 0.3) is 5.89 Å². The molecule has 0 aliphatic heterocycles. The summed E-state index contributed by atoms with van der Waals surface area (Å²) in [6.07, 6.45) is -1.59. The number of hydrogen-bond acceptors (Lipinski definition) is 9. The fraction of sp³-hybridized carbons (Fsp3) is 0.143. The molecule has 0 aliphatic carbocycles. The molecule has 3 N–H and O–H groups in total. The smallest absolute Gasteiger partial charge is 0.475 e. The van der Waals surface area contributed by atoms with E-state index in [9.17, 15) is 13.2 Å². The highest BCUT2D eigenvalue weighted by atomic mass is 32.1. The number of benzene rings is 1. The Morgan fingerprint density at radius 2 is 1.91 bits per heavy atom. The number of rotatable bonds is 4. The molecular formula is C21H16F3N7O3S. The Hall–Kier alpha value is -4.17. The number of para-hydroxylation sites is 2. The van der Waals surface area contributed by atoms with Crippen LogP contribution >= 0.6 is 11.3 Å². The van der Waals surface area contributed by atoms with E-state index in [1.165, 1.54) is 11.3 Å². The number of pyridine rings is 1. The summed E-state index contributed by atoms with van der Waals surface area (Å²) in [6, 6.07) is 11.7. The molecule has 180 valence electrons. The maximum atomic E-state index is 10.6. The van der Waals surface area contributed by atoms with Crippen LogP contribution in [-0.4, -0.2) is 46.9 Å². The Morgan fingerprint density at radius 1 is 1.17 bits per heavy atom. The van der Waals surface area contributed by atoms with E-state index in [0.29, 0.717) is 18.3 Å². The molecule has 35 heavy (non-hydrogen) atoms. The molecule has 4 heterocycles. The summed E-state index contributed by atoms with van der Waals surface area (Å²) >= 11 is 1.46. The molecule has 0 saturated heterocycles. The number of halogens is 3. The Balaban J connectivity index is 0.000000364. The van der Waals surface area contributed by atoms with Gasteiger partial charge in [-0.25, -0.2) is 19.7 Å². The van der Waals surface area contributed by atoms with Crippen LogP contribution in [-0.2, 0) is 11.3 Å². The molecule has 10 nitrogen and oxygen atoms in total. The zero-order valence-electron chi connectivity index (χ0n) is 17.9. The minimum atomic E-state index is -5.08. The maximum absolute atomic E-state index is 10.6. The van der Waals surface area contributed by atoms with E-state index in [1.54, 1.807) is 12.5 Å². The number of aromatic nitrogens is 6. The van der Waals surface area contributed by atoms with Crippen LogP contribution in [0, 0.1) is 6.92 Å². The van der Waals surface area contributed by atoms with Crippen LogP contribution in [0.2, 0.25) is 0 Å². The molecule has 5 rings (SSSR count). The lowest BCUT2D eigenvalue weighted by Gasteiger charge is -2.03. The van der Waals surface area contributed by atoms with E-state index in [1.807, 2.05) is 47.9 Å². The number of carbonyl (C=O) groups is 1. The monoisotopic (exact) mass is 503 g/mol. The Labute approximate surface area is 198 Å². The number of alkyl halides is 3. The number of carboxylic acids is 1. The second kappa shape index (κ2) is 9.60. The molecule has 0 unspecified atom stereocenters. The summed E-state index contributed by atoms with van der Waals surface area (Å²) in [4.78, 5) is 27.6. The first-order valence-corrected chi connectivity index (χ1v) is 10.7. The highest BCUT2D eigenvalue weighted by Gasteiger charge is 2.38. The number of imidazole rings is 1. The van der Waals surface area contributed by atoms with Gasteiger partial charge in [-0.2, -0.15) is 18.2 Å². The predicted molar refractivity (Wildman–Crippen MR) is 120 cm³/mol. The van der Waals surface area contributed by atoms with Crippen molar-refractivity contribution in [3.63, 3.8) is 0 Å². The van der Waals surface area contributed by atoms with Crippen molar-refractivity contribution < 1.29 is 27.6 Å². The Kier molecular flexibility index (Phi) is 6.57. The van der Waals surface area contributed by atoms with Gasteiger partial charge in [0.05, 0.1) is 16.7 Å². The molecule has 14 heteroatoms. The second-order valence-corrected chi connectivity index (χ2v) is 8.04. The summed E-state index contributed by atoms with van der Waals surface area (Å²) in [5.41, 5.74) is 9.19. The van der Waals surface area contributed by atoms with Gasteiger partial charge in [0.15, 0.2) is 0 Å². The van der Waals surface area contributed by atoms with E-state index >= 15 is 0 Å². The summed E-state index contributed by atoms with van der Waals surface area (Å²) in [7, 11) is 0. The molecule has 0 aliphatic rings. The maximum Gasteiger partial charge on any atom is 0.490 e. The number of fused-ring (bicyclic) bond motifs is 1. The minimum absolute atomic E-state index is 0.390. The Morgan fingerprint density at radius 3 is 2.54 bits per heavy atom. The predicted octanol–water partition coefficient (Wildman–Crippen LogP) is 3.99. The van der Waals surface area contributed by atoms with Crippen molar-refractivity contribution in [3.05, 3.63) is 59.6 Å². The van der Waals surface area contributed by atoms with Crippen molar-refractivity contribution in [1.29, 1.82) is 0 Å². The van der Waals surface area contributed by atoms with Crippen molar-refractivity contribution in [2.75, 3.05) is 0 Å². The van der Waals surface area contributed by atoms with Crippen LogP contribution in [0.15, 0.2) is 53.4 Å². The lowest BCUT2D eigenvalue weighted by Crippen LogP contribution is -2.21. The molecule has 5 aromatic rings. The summed E-state index contributed by atoms with van der Waals surface area (Å²) in [5.74, 6) is -1.07.